The van der Waals surface area contributed by atoms with Crippen LogP contribution in [0.4, 0.5) is 10.5 Å². The Bertz CT molecular complexity index is 1200. The minimum atomic E-state index is -0.953. The van der Waals surface area contributed by atoms with Crippen molar-refractivity contribution < 1.29 is 29.3 Å². The zero-order valence-corrected chi connectivity index (χ0v) is 21.2. The Balaban J connectivity index is 1.52. The third-order valence-electron chi connectivity index (χ3n) is 5.91. The van der Waals surface area contributed by atoms with Crippen LogP contribution in [0.5, 0.6) is 0 Å². The Hall–Kier alpha value is -3.37. The van der Waals surface area contributed by atoms with E-state index in [1.54, 1.807) is 42.1 Å². The highest BCUT2D eigenvalue weighted by atomic mass is 32.2. The summed E-state index contributed by atoms with van der Waals surface area (Å²) < 4.78 is 12.7. The van der Waals surface area contributed by atoms with Crippen LogP contribution in [0, 0.1) is 0 Å². The molecule has 1 fully saturated rings. The lowest BCUT2D eigenvalue weighted by Crippen LogP contribution is -2.31. The molecule has 0 saturated carbocycles. The van der Waals surface area contributed by atoms with Gasteiger partial charge in [-0.1, -0.05) is 36.4 Å². The molecule has 1 heterocycles. The quantitative estimate of drug-likeness (QED) is 0.280. The summed E-state index contributed by atoms with van der Waals surface area (Å²) in [5, 5.41) is 24.1. The molecule has 1 aliphatic rings. The van der Waals surface area contributed by atoms with Crippen molar-refractivity contribution in [3.8, 4) is 0 Å². The van der Waals surface area contributed by atoms with Crippen molar-refractivity contribution in [2.24, 2.45) is 0 Å². The molecule has 0 aliphatic carbocycles. The highest BCUT2D eigenvalue weighted by Crippen LogP contribution is 2.40. The summed E-state index contributed by atoms with van der Waals surface area (Å²) in [5.74, 6) is -0.306. The van der Waals surface area contributed by atoms with Gasteiger partial charge in [0, 0.05) is 34.9 Å². The van der Waals surface area contributed by atoms with Gasteiger partial charge in [0.2, 0.25) is 0 Å². The zero-order valence-electron chi connectivity index (χ0n) is 20.4. The van der Waals surface area contributed by atoms with E-state index in [0.717, 1.165) is 21.6 Å². The number of urea groups is 1. The number of aromatic carboxylic acids is 1. The number of amides is 2. The number of carboxylic acids is 1. The lowest BCUT2D eigenvalue weighted by Gasteiger charge is -2.36. The second-order valence-corrected chi connectivity index (χ2v) is 9.69. The summed E-state index contributed by atoms with van der Waals surface area (Å²) in [6, 6.07) is 21.6. The van der Waals surface area contributed by atoms with Crippen molar-refractivity contribution >= 4 is 29.4 Å². The number of aliphatic hydroxyl groups excluding tert-OH is 1. The van der Waals surface area contributed by atoms with Gasteiger partial charge in [-0.2, -0.15) is 0 Å². The number of nitrogens with one attached hydrogen (secondary N) is 2. The molecule has 0 bridgehead atoms. The molecule has 1 saturated heterocycles. The van der Waals surface area contributed by atoms with E-state index < -0.39 is 12.3 Å². The molecule has 1 aliphatic heterocycles. The molecule has 4 rings (SSSR count). The number of hydrogen-bond acceptors (Lipinski definition) is 6. The van der Waals surface area contributed by atoms with Gasteiger partial charge in [0.05, 0.1) is 24.4 Å². The van der Waals surface area contributed by atoms with Crippen LogP contribution in [0.15, 0.2) is 77.7 Å². The number of ether oxygens (including phenoxy) is 2. The second kappa shape index (κ2) is 12.7. The molecule has 4 N–H and O–H groups in total. The van der Waals surface area contributed by atoms with Crippen molar-refractivity contribution in [3.63, 3.8) is 0 Å². The topological polar surface area (TPSA) is 117 Å². The highest BCUT2D eigenvalue weighted by Gasteiger charge is 2.32. The van der Waals surface area contributed by atoms with E-state index in [2.05, 4.69) is 10.6 Å². The fourth-order valence-corrected chi connectivity index (χ4v) is 4.93. The van der Waals surface area contributed by atoms with E-state index in [9.17, 15) is 14.7 Å². The van der Waals surface area contributed by atoms with Gasteiger partial charge in [0.25, 0.3) is 0 Å². The maximum Gasteiger partial charge on any atom is 0.335 e. The molecule has 0 spiro atoms. The number of rotatable bonds is 9. The van der Waals surface area contributed by atoms with Crippen LogP contribution in [0.3, 0.4) is 0 Å². The molecule has 2 amide bonds. The number of thioether (sulfide) groups is 1. The van der Waals surface area contributed by atoms with Gasteiger partial charge >= 0.3 is 12.0 Å². The minimum absolute atomic E-state index is 0.0249. The average molecular weight is 523 g/mol. The van der Waals surface area contributed by atoms with Gasteiger partial charge in [-0.05, 0) is 54.4 Å². The normalized spacial score (nSPS) is 19.2. The molecule has 37 heavy (non-hydrogen) atoms. The largest absolute Gasteiger partial charge is 0.478 e. The maximum atomic E-state index is 12.0. The Morgan fingerprint density at radius 3 is 2.43 bits per heavy atom. The Morgan fingerprint density at radius 1 is 1.00 bits per heavy atom. The Labute approximate surface area is 220 Å². The first-order valence-electron chi connectivity index (χ1n) is 12.1. The van der Waals surface area contributed by atoms with Gasteiger partial charge in [0.1, 0.15) is 0 Å². The Morgan fingerprint density at radius 2 is 1.76 bits per heavy atom. The van der Waals surface area contributed by atoms with E-state index in [4.69, 9.17) is 14.6 Å². The first-order chi connectivity index (χ1) is 17.9. The van der Waals surface area contributed by atoms with Crippen molar-refractivity contribution in [2.75, 3.05) is 17.6 Å². The lowest BCUT2D eigenvalue weighted by molar-refractivity contribution is -0.245. The van der Waals surface area contributed by atoms with Crippen LogP contribution in [0.2, 0.25) is 0 Å². The monoisotopic (exact) mass is 522 g/mol. The van der Waals surface area contributed by atoms with Crippen LogP contribution >= 0.6 is 11.8 Å². The highest BCUT2D eigenvalue weighted by molar-refractivity contribution is 7.99. The molecule has 3 aromatic carbocycles. The van der Waals surface area contributed by atoms with Crippen LogP contribution in [-0.4, -0.2) is 40.6 Å². The molecule has 3 unspecified atom stereocenters. The summed E-state index contributed by atoms with van der Waals surface area (Å²) in [6.07, 6.45) is -0.393. The van der Waals surface area contributed by atoms with Crippen molar-refractivity contribution in [1.29, 1.82) is 0 Å². The first-order valence-corrected chi connectivity index (χ1v) is 13.0. The maximum absolute atomic E-state index is 12.0. The summed E-state index contributed by atoms with van der Waals surface area (Å²) in [5.41, 5.74) is 3.48. The fraction of sp³-hybridized carbons (Fsp3) is 0.286. The summed E-state index contributed by atoms with van der Waals surface area (Å²) in [6.45, 7) is 2.35. The SMILES string of the molecule is CCNC(=O)Nc1cccc(C2OC(CSc3ccc(C(=O)O)cc3)CC(c3ccc(CO)cc3)O2)c1. The molecular formula is C28H30N2O6S. The number of anilines is 1. The molecule has 9 heteroatoms. The van der Waals surface area contributed by atoms with Crippen LogP contribution in [-0.2, 0) is 16.1 Å². The van der Waals surface area contributed by atoms with E-state index in [1.165, 1.54) is 0 Å². The molecule has 8 nitrogen and oxygen atoms in total. The summed E-state index contributed by atoms with van der Waals surface area (Å²) >= 11 is 1.59. The fourth-order valence-electron chi connectivity index (χ4n) is 4.00. The molecule has 194 valence electrons. The van der Waals surface area contributed by atoms with Crippen molar-refractivity contribution in [1.82, 2.24) is 5.32 Å². The predicted molar refractivity (Wildman–Crippen MR) is 142 cm³/mol. The number of hydrogen-bond donors (Lipinski definition) is 4. The third-order valence-corrected chi connectivity index (χ3v) is 7.05. The van der Waals surface area contributed by atoms with Crippen LogP contribution in [0.1, 0.15) is 52.8 Å². The second-order valence-electron chi connectivity index (χ2n) is 8.60. The van der Waals surface area contributed by atoms with Crippen LogP contribution in [0.25, 0.3) is 0 Å². The lowest BCUT2D eigenvalue weighted by atomic mass is 10.0. The van der Waals surface area contributed by atoms with E-state index in [1.807, 2.05) is 49.4 Å². The van der Waals surface area contributed by atoms with Gasteiger partial charge in [0.15, 0.2) is 6.29 Å². The third kappa shape index (κ3) is 7.33. The average Bonchev–Trinajstić information content (AvgIpc) is 2.92. The van der Waals surface area contributed by atoms with E-state index in [0.29, 0.717) is 24.4 Å². The van der Waals surface area contributed by atoms with Gasteiger partial charge < -0.3 is 30.3 Å². The molecule has 0 radical (unpaired) electrons. The van der Waals surface area contributed by atoms with E-state index >= 15 is 0 Å². The number of carbonyl (C=O) groups is 2. The van der Waals surface area contributed by atoms with Crippen LogP contribution < -0.4 is 10.6 Å². The number of aliphatic hydroxyl groups is 1. The summed E-state index contributed by atoms with van der Waals surface area (Å²) in [7, 11) is 0. The van der Waals surface area contributed by atoms with Gasteiger partial charge in [-0.25, -0.2) is 9.59 Å². The smallest absolute Gasteiger partial charge is 0.335 e. The minimum Gasteiger partial charge on any atom is -0.478 e. The zero-order chi connectivity index (χ0) is 26.2. The number of carbonyl (C=O) groups excluding carboxylic acids is 1. The summed E-state index contributed by atoms with van der Waals surface area (Å²) in [4.78, 5) is 24.1. The predicted octanol–water partition coefficient (Wildman–Crippen LogP) is 5.36. The number of carboxylic acid groups (broad SMARTS) is 1. The van der Waals surface area contributed by atoms with Crippen molar-refractivity contribution in [3.05, 3.63) is 95.1 Å². The molecule has 3 aromatic rings. The Kier molecular flexibility index (Phi) is 9.19. The van der Waals surface area contributed by atoms with E-state index in [-0.39, 0.29) is 30.4 Å². The molecular weight excluding hydrogens is 492 g/mol. The van der Waals surface area contributed by atoms with Gasteiger partial charge in [-0.3, -0.25) is 0 Å². The molecule has 3 atom stereocenters. The van der Waals surface area contributed by atoms with Crippen molar-refractivity contribution in [2.45, 2.75) is 43.3 Å². The first kappa shape index (κ1) is 26.7. The number of benzene rings is 3. The molecule has 0 aromatic heterocycles. The van der Waals surface area contributed by atoms with Gasteiger partial charge in [-0.15, -0.1) is 11.8 Å². The standard InChI is InChI=1S/C28H30N2O6S/c1-2-29-28(34)30-22-5-3-4-21(14-22)27-35-23(17-37-24-12-10-20(11-13-24)26(32)33)15-25(36-27)19-8-6-18(16-31)7-9-19/h3-14,23,25,27,31H,2,15-17H2,1H3,(H,32,33)(H2,29,30,34).